The van der Waals surface area contributed by atoms with Gasteiger partial charge in [0.2, 0.25) is 0 Å². The Balaban J connectivity index is 1.48. The molecule has 1 fully saturated rings. The molecule has 0 bridgehead atoms. The number of hydrogen-bond acceptors (Lipinski definition) is 5. The summed E-state index contributed by atoms with van der Waals surface area (Å²) in [5.41, 5.74) is 5.17. The van der Waals surface area contributed by atoms with Gasteiger partial charge in [0.25, 0.3) is 5.91 Å². The Kier molecular flexibility index (Phi) is 8.17. The highest BCUT2D eigenvalue weighted by Gasteiger charge is 2.24. The first kappa shape index (κ1) is 25.7. The van der Waals surface area contributed by atoms with E-state index in [-0.39, 0.29) is 11.5 Å². The van der Waals surface area contributed by atoms with Crippen molar-refractivity contribution in [3.63, 3.8) is 0 Å². The van der Waals surface area contributed by atoms with E-state index >= 15 is 0 Å². The maximum atomic E-state index is 12.5. The van der Waals surface area contributed by atoms with Crippen molar-refractivity contribution in [3.8, 4) is 5.75 Å². The van der Waals surface area contributed by atoms with Crippen LogP contribution in [0.25, 0.3) is 6.08 Å². The lowest BCUT2D eigenvalue weighted by atomic mass is 10.1. The number of aliphatic imine (C=N–C) groups is 1. The number of aryl methyl sites for hydroxylation is 2. The molecule has 0 unspecified atom stereocenters. The number of ether oxygens (including phenoxy) is 1. The van der Waals surface area contributed by atoms with Crippen molar-refractivity contribution in [2.45, 2.75) is 20.5 Å². The van der Waals surface area contributed by atoms with Crippen LogP contribution in [-0.2, 0) is 11.4 Å². The summed E-state index contributed by atoms with van der Waals surface area (Å²) in [5.74, 6) is -0.382. The minimum atomic E-state index is -0.955. The number of thioether (sulfide) groups is 1. The predicted octanol–water partition coefficient (Wildman–Crippen LogP) is 6.68. The van der Waals surface area contributed by atoms with Crippen molar-refractivity contribution in [2.75, 3.05) is 0 Å². The van der Waals surface area contributed by atoms with Crippen molar-refractivity contribution in [1.29, 1.82) is 0 Å². The molecule has 1 saturated heterocycles. The fourth-order valence-corrected chi connectivity index (χ4v) is 6.21. The largest absolute Gasteiger partial charge is 0.487 e. The highest BCUT2D eigenvalue weighted by atomic mass is 127. The summed E-state index contributed by atoms with van der Waals surface area (Å²) in [6, 6.07) is 16.5. The monoisotopic (exact) mass is 710 g/mol. The number of hydrogen-bond donors (Lipinski definition) is 2. The van der Waals surface area contributed by atoms with E-state index < -0.39 is 5.97 Å². The first-order valence-corrected chi connectivity index (χ1v) is 13.5. The van der Waals surface area contributed by atoms with E-state index in [1.165, 1.54) is 17.3 Å². The van der Waals surface area contributed by atoms with Gasteiger partial charge in [-0.05, 0) is 136 Å². The predicted molar refractivity (Wildman–Crippen MR) is 156 cm³/mol. The molecule has 0 atom stereocenters. The molecule has 3 aromatic rings. The van der Waals surface area contributed by atoms with E-state index in [1.807, 2.05) is 43.3 Å². The molecule has 9 heteroatoms. The van der Waals surface area contributed by atoms with E-state index in [9.17, 15) is 9.59 Å². The van der Waals surface area contributed by atoms with Crippen LogP contribution in [0.15, 0.2) is 64.5 Å². The second-order valence-corrected chi connectivity index (χ2v) is 11.2. The van der Waals surface area contributed by atoms with Gasteiger partial charge >= 0.3 is 5.97 Å². The maximum Gasteiger partial charge on any atom is 0.335 e. The number of rotatable bonds is 6. The van der Waals surface area contributed by atoms with Gasteiger partial charge in [0.1, 0.15) is 12.4 Å². The van der Waals surface area contributed by atoms with Crippen molar-refractivity contribution in [1.82, 2.24) is 5.32 Å². The molecule has 2 N–H and O–H groups in total. The van der Waals surface area contributed by atoms with Crippen LogP contribution in [-0.4, -0.2) is 22.2 Å². The van der Waals surface area contributed by atoms with E-state index in [1.54, 1.807) is 24.3 Å². The number of carboxylic acid groups (broad SMARTS) is 1. The van der Waals surface area contributed by atoms with E-state index in [0.29, 0.717) is 16.7 Å². The average molecular weight is 710 g/mol. The summed E-state index contributed by atoms with van der Waals surface area (Å²) in [6.07, 6.45) is 1.85. The Labute approximate surface area is 234 Å². The fraction of sp³-hybridized carbons (Fsp3) is 0.115. The summed E-state index contributed by atoms with van der Waals surface area (Å²) in [5, 5.41) is 12.4. The highest BCUT2D eigenvalue weighted by molar-refractivity contribution is 14.1. The third-order valence-corrected chi connectivity index (χ3v) is 7.79. The molecule has 1 heterocycles. The van der Waals surface area contributed by atoms with Crippen LogP contribution in [0.1, 0.15) is 32.6 Å². The third-order valence-electron chi connectivity index (χ3n) is 5.27. The quantitative estimate of drug-likeness (QED) is 0.220. The molecule has 0 aliphatic carbocycles. The summed E-state index contributed by atoms with van der Waals surface area (Å²) >= 11 is 5.75. The molecule has 0 spiro atoms. The van der Waals surface area contributed by atoms with Crippen LogP contribution in [0.5, 0.6) is 5.75 Å². The number of nitrogens with zero attached hydrogens (tertiary/aromatic N) is 1. The molecule has 1 aliphatic rings. The van der Waals surface area contributed by atoms with Gasteiger partial charge in [-0.1, -0.05) is 18.2 Å². The van der Waals surface area contributed by atoms with Crippen molar-refractivity contribution >= 4 is 85.8 Å². The number of carboxylic acids is 1. The van der Waals surface area contributed by atoms with Crippen molar-refractivity contribution in [3.05, 3.63) is 94.5 Å². The molecule has 0 aromatic heterocycles. The van der Waals surface area contributed by atoms with E-state index in [0.717, 1.165) is 35.3 Å². The van der Waals surface area contributed by atoms with Crippen LogP contribution in [0.3, 0.4) is 0 Å². The smallest absolute Gasteiger partial charge is 0.335 e. The van der Waals surface area contributed by atoms with Crippen LogP contribution < -0.4 is 10.1 Å². The lowest BCUT2D eigenvalue weighted by molar-refractivity contribution is -0.115. The lowest BCUT2D eigenvalue weighted by Crippen LogP contribution is -2.19. The van der Waals surface area contributed by atoms with Gasteiger partial charge in [-0.3, -0.25) is 4.79 Å². The van der Waals surface area contributed by atoms with E-state index in [4.69, 9.17) is 9.84 Å². The second-order valence-electron chi connectivity index (χ2n) is 7.85. The van der Waals surface area contributed by atoms with Gasteiger partial charge in [0, 0.05) is 0 Å². The van der Waals surface area contributed by atoms with Crippen molar-refractivity contribution in [2.24, 2.45) is 4.99 Å². The Morgan fingerprint density at radius 1 is 1.06 bits per heavy atom. The lowest BCUT2D eigenvalue weighted by Gasteiger charge is -2.12. The highest BCUT2D eigenvalue weighted by Crippen LogP contribution is 2.33. The molecule has 1 aliphatic heterocycles. The minimum Gasteiger partial charge on any atom is -0.487 e. The normalized spacial score (nSPS) is 15.5. The molecule has 0 saturated carbocycles. The molecular formula is C26H20I2N2O4S. The van der Waals surface area contributed by atoms with Crippen LogP contribution >= 0.6 is 56.9 Å². The Bertz CT molecular complexity index is 1360. The zero-order chi connectivity index (χ0) is 25.1. The molecular weight excluding hydrogens is 690 g/mol. The van der Waals surface area contributed by atoms with Gasteiger partial charge in [0.15, 0.2) is 5.17 Å². The van der Waals surface area contributed by atoms with Crippen LogP contribution in [0.2, 0.25) is 0 Å². The third kappa shape index (κ3) is 6.44. The topological polar surface area (TPSA) is 88.0 Å². The van der Waals surface area contributed by atoms with Gasteiger partial charge in [0.05, 0.1) is 23.3 Å². The molecule has 35 heavy (non-hydrogen) atoms. The molecule has 6 nitrogen and oxygen atoms in total. The molecule has 3 aromatic carbocycles. The summed E-state index contributed by atoms with van der Waals surface area (Å²) < 4.78 is 7.84. The number of carbonyl (C=O) groups excluding carboxylic acids is 1. The number of carbonyl (C=O) groups is 2. The van der Waals surface area contributed by atoms with Crippen LogP contribution in [0.4, 0.5) is 5.69 Å². The summed E-state index contributed by atoms with van der Waals surface area (Å²) in [6.45, 7) is 4.41. The van der Waals surface area contributed by atoms with Crippen LogP contribution in [0, 0.1) is 21.0 Å². The minimum absolute atomic E-state index is 0.173. The summed E-state index contributed by atoms with van der Waals surface area (Å²) in [4.78, 5) is 28.7. The Morgan fingerprint density at radius 3 is 2.37 bits per heavy atom. The zero-order valence-electron chi connectivity index (χ0n) is 18.8. The van der Waals surface area contributed by atoms with Gasteiger partial charge < -0.3 is 15.2 Å². The van der Waals surface area contributed by atoms with E-state index in [2.05, 4.69) is 62.4 Å². The van der Waals surface area contributed by atoms with Crippen molar-refractivity contribution < 1.29 is 19.4 Å². The standard InChI is InChI=1S/C26H20I2N2O4S/c1-14-3-8-19(9-15(14)2)29-26-30-24(31)22(35-26)12-17-10-20(27)23(21(28)11-17)34-13-16-4-6-18(7-5-16)25(32)33/h3-12H,13H2,1-2H3,(H,32,33)(H,29,30,31)/b22-12-. The Hall–Kier alpha value is -2.38. The Morgan fingerprint density at radius 2 is 1.74 bits per heavy atom. The second kappa shape index (κ2) is 11.1. The molecule has 4 rings (SSSR count). The fourth-order valence-electron chi connectivity index (χ4n) is 3.24. The molecule has 1 amide bonds. The summed E-state index contributed by atoms with van der Waals surface area (Å²) in [7, 11) is 0. The number of benzene rings is 3. The number of amidine groups is 1. The number of halogens is 2. The average Bonchev–Trinajstić information content (AvgIpc) is 3.14. The first-order valence-electron chi connectivity index (χ1n) is 10.5. The van der Waals surface area contributed by atoms with Gasteiger partial charge in [-0.15, -0.1) is 0 Å². The maximum absolute atomic E-state index is 12.5. The number of nitrogens with one attached hydrogen (secondary N) is 1. The first-order chi connectivity index (χ1) is 16.7. The number of aromatic carboxylic acids is 1. The molecule has 0 radical (unpaired) electrons. The molecule has 178 valence electrons. The van der Waals surface area contributed by atoms with Gasteiger partial charge in [-0.2, -0.15) is 0 Å². The van der Waals surface area contributed by atoms with Gasteiger partial charge in [-0.25, -0.2) is 9.79 Å². The zero-order valence-corrected chi connectivity index (χ0v) is 23.9. The number of amides is 1. The SMILES string of the molecule is Cc1ccc(N=C2NC(=O)/C(=C/c3cc(I)c(OCc4ccc(C(=O)O)cc4)c(I)c3)S2)cc1C.